The van der Waals surface area contributed by atoms with Crippen molar-refractivity contribution in [1.82, 2.24) is 20.4 Å². The van der Waals surface area contributed by atoms with Crippen LogP contribution in [-0.4, -0.2) is 130 Å². The van der Waals surface area contributed by atoms with Crippen LogP contribution in [0.25, 0.3) is 0 Å². The van der Waals surface area contributed by atoms with Crippen molar-refractivity contribution in [2.75, 3.05) is 63.1 Å². The Balaban J connectivity index is 0.000000752. The fourth-order valence-electron chi connectivity index (χ4n) is 1.93. The topological polar surface area (TPSA) is 179 Å². The van der Waals surface area contributed by atoms with Gasteiger partial charge in [-0.15, -0.1) is 0 Å². The fraction of sp³-hybridized carbons (Fsp3) is 0.647. The molecule has 0 aromatic rings. The average Bonchev–Trinajstić information content (AvgIpc) is 2.91. The molecule has 0 saturated carbocycles. The van der Waals surface area contributed by atoms with Gasteiger partial charge >= 0.3 is 12.1 Å². The van der Waals surface area contributed by atoms with E-state index in [0.717, 1.165) is 8.97 Å². The zero-order chi connectivity index (χ0) is 24.9. The van der Waals surface area contributed by atoms with Crippen LogP contribution in [0.4, 0.5) is 9.59 Å². The van der Waals surface area contributed by atoms with Crippen LogP contribution in [0, 0.1) is 0 Å². The van der Waals surface area contributed by atoms with Gasteiger partial charge in [0.2, 0.25) is 0 Å². The van der Waals surface area contributed by atoms with Gasteiger partial charge in [-0.1, -0.05) is 0 Å². The molecule has 2 atom stereocenters. The van der Waals surface area contributed by atoms with Gasteiger partial charge < -0.3 is 28.8 Å². The SMILES string of the molecule is C[N+](C)(C)C.C[N+](C)(C)C.O=C([O-])C1C(=O)NC(=O)N1CN1C(=O)NC(=O)C1C(=O)[O-]. The van der Waals surface area contributed by atoms with Gasteiger partial charge in [-0.2, -0.15) is 0 Å². The Morgan fingerprint density at radius 1 is 0.710 bits per heavy atom. The highest BCUT2D eigenvalue weighted by Crippen LogP contribution is 2.14. The summed E-state index contributed by atoms with van der Waals surface area (Å²) in [4.78, 5) is 67.8. The first-order valence-electron chi connectivity index (χ1n) is 8.96. The second-order valence-corrected chi connectivity index (χ2v) is 9.48. The number of urea groups is 2. The van der Waals surface area contributed by atoms with Gasteiger partial charge in [-0.3, -0.25) is 30.0 Å². The molecule has 0 spiro atoms. The molecule has 2 fully saturated rings. The standard InChI is InChI=1S/C9H8N4O8.2C4H12N/c14-4-2(6(16)17)12(8(20)10-4)1-13-3(7(18)19)5(15)11-9(13)21;2*1-5(2,3)4/h2-3H,1H2,(H,16,17)(H,18,19)(H,10,14,20)(H,11,15,21);2*1-4H3/q;2*+1/p-2. The lowest BCUT2D eigenvalue weighted by atomic mass is 10.2. The molecule has 176 valence electrons. The van der Waals surface area contributed by atoms with Gasteiger partial charge in [0.1, 0.15) is 6.67 Å². The minimum atomic E-state index is -2.04. The Morgan fingerprint density at radius 3 is 1.13 bits per heavy atom. The zero-order valence-electron chi connectivity index (χ0n) is 18.9. The third kappa shape index (κ3) is 9.86. The number of carbonyl (C=O) groups is 6. The Hall–Kier alpha value is -3.26. The summed E-state index contributed by atoms with van der Waals surface area (Å²) in [6, 6.07) is -6.41. The van der Waals surface area contributed by atoms with Gasteiger partial charge in [0.25, 0.3) is 11.8 Å². The van der Waals surface area contributed by atoms with Crippen molar-refractivity contribution in [1.29, 1.82) is 0 Å². The molecule has 0 aromatic carbocycles. The van der Waals surface area contributed by atoms with E-state index in [-0.39, 0.29) is 0 Å². The molecule has 0 bridgehead atoms. The molecule has 14 nitrogen and oxygen atoms in total. The third-order valence-corrected chi connectivity index (χ3v) is 2.85. The summed E-state index contributed by atoms with van der Waals surface area (Å²) in [5.41, 5.74) is 0. The van der Waals surface area contributed by atoms with Crippen LogP contribution >= 0.6 is 0 Å². The van der Waals surface area contributed by atoms with Gasteiger partial charge in [0.15, 0.2) is 12.1 Å². The summed E-state index contributed by atoms with van der Waals surface area (Å²) in [5, 5.41) is 25.0. The second-order valence-electron chi connectivity index (χ2n) is 9.48. The van der Waals surface area contributed by atoms with E-state index >= 15 is 0 Å². The molecule has 2 N–H and O–H groups in total. The number of hydrogen-bond donors (Lipinski definition) is 2. The molecule has 31 heavy (non-hydrogen) atoms. The van der Waals surface area contributed by atoms with Crippen LogP contribution in [-0.2, 0) is 19.2 Å². The lowest BCUT2D eigenvalue weighted by Gasteiger charge is -2.29. The first-order chi connectivity index (χ1) is 13.7. The van der Waals surface area contributed by atoms with Crippen molar-refractivity contribution >= 4 is 35.8 Å². The number of quaternary nitrogens is 2. The van der Waals surface area contributed by atoms with Crippen LogP contribution in [0.3, 0.4) is 0 Å². The number of carbonyl (C=O) groups excluding carboxylic acids is 6. The number of hydrogen-bond acceptors (Lipinski definition) is 8. The van der Waals surface area contributed by atoms with Gasteiger partial charge in [-0.25, -0.2) is 9.59 Å². The highest BCUT2D eigenvalue weighted by Gasteiger charge is 2.45. The fourth-order valence-corrected chi connectivity index (χ4v) is 1.93. The summed E-state index contributed by atoms with van der Waals surface area (Å²) >= 11 is 0. The molecule has 2 rings (SSSR count). The third-order valence-electron chi connectivity index (χ3n) is 2.85. The quantitative estimate of drug-likeness (QED) is 0.244. The molecule has 2 saturated heterocycles. The molecule has 2 unspecified atom stereocenters. The highest BCUT2D eigenvalue weighted by molar-refractivity contribution is 6.15. The first-order valence-corrected chi connectivity index (χ1v) is 8.96. The molecule has 0 aliphatic carbocycles. The van der Waals surface area contributed by atoms with Crippen LogP contribution in [0.1, 0.15) is 0 Å². The lowest BCUT2D eigenvalue weighted by Crippen LogP contribution is -2.56. The number of nitrogens with zero attached hydrogens (tertiary/aromatic N) is 4. The maximum atomic E-state index is 11.4. The van der Waals surface area contributed by atoms with Crippen molar-refractivity contribution in [2.24, 2.45) is 0 Å². The molecular weight excluding hydrogens is 416 g/mol. The van der Waals surface area contributed by atoms with Crippen LogP contribution in [0.5, 0.6) is 0 Å². The van der Waals surface area contributed by atoms with E-state index in [1.807, 2.05) is 0 Å². The average molecular weight is 446 g/mol. The van der Waals surface area contributed by atoms with Crippen LogP contribution in [0.2, 0.25) is 0 Å². The minimum absolute atomic E-state index is 0.353. The van der Waals surface area contributed by atoms with Crippen molar-refractivity contribution in [3.05, 3.63) is 0 Å². The van der Waals surface area contributed by atoms with Gasteiger partial charge in [0.05, 0.1) is 68.3 Å². The molecule has 6 amide bonds. The molecule has 14 heteroatoms. The minimum Gasteiger partial charge on any atom is -0.547 e. The molecule has 0 radical (unpaired) electrons. The predicted octanol–water partition coefficient (Wildman–Crippen LogP) is -5.07. The lowest BCUT2D eigenvalue weighted by molar-refractivity contribution is -0.849. The Kier molecular flexibility index (Phi) is 9.10. The summed E-state index contributed by atoms with van der Waals surface area (Å²) in [7, 11) is 17.0. The van der Waals surface area contributed by atoms with Gasteiger partial charge in [0, 0.05) is 0 Å². The Bertz CT molecular complexity index is 681. The summed E-state index contributed by atoms with van der Waals surface area (Å²) in [5.74, 6) is -6.24. The van der Waals surface area contributed by atoms with Crippen molar-refractivity contribution in [2.45, 2.75) is 12.1 Å². The number of carboxylic acid groups (broad SMARTS) is 2. The Morgan fingerprint density at radius 2 is 0.935 bits per heavy atom. The van der Waals surface area contributed by atoms with Crippen molar-refractivity contribution < 1.29 is 47.9 Å². The van der Waals surface area contributed by atoms with Gasteiger partial charge in [-0.05, 0) is 0 Å². The number of carboxylic acids is 2. The zero-order valence-corrected chi connectivity index (χ0v) is 18.9. The van der Waals surface area contributed by atoms with E-state index in [2.05, 4.69) is 56.4 Å². The van der Waals surface area contributed by atoms with E-state index in [0.29, 0.717) is 9.80 Å². The van der Waals surface area contributed by atoms with Crippen LogP contribution in [0.15, 0.2) is 0 Å². The molecule has 2 heterocycles. The first kappa shape index (κ1) is 27.7. The summed E-state index contributed by atoms with van der Waals surface area (Å²) < 4.78 is 2.00. The number of amides is 6. The van der Waals surface area contributed by atoms with Crippen molar-refractivity contribution in [3.8, 4) is 0 Å². The van der Waals surface area contributed by atoms with E-state index in [1.165, 1.54) is 0 Å². The normalized spacial score (nSPS) is 20.9. The van der Waals surface area contributed by atoms with Crippen molar-refractivity contribution in [3.63, 3.8) is 0 Å². The Labute approximate surface area is 180 Å². The number of rotatable bonds is 4. The van der Waals surface area contributed by atoms with E-state index in [4.69, 9.17) is 0 Å². The number of aliphatic carboxylic acids is 2. The number of imide groups is 2. The molecule has 2 aliphatic heterocycles. The maximum absolute atomic E-state index is 11.4. The van der Waals surface area contributed by atoms with E-state index < -0.39 is 54.6 Å². The maximum Gasteiger partial charge on any atom is 0.326 e. The largest absolute Gasteiger partial charge is 0.547 e. The van der Waals surface area contributed by atoms with E-state index in [1.54, 1.807) is 10.6 Å². The number of nitrogens with one attached hydrogen (secondary N) is 2. The second kappa shape index (κ2) is 10.2. The van der Waals surface area contributed by atoms with Crippen LogP contribution < -0.4 is 20.8 Å². The summed E-state index contributed by atoms with van der Waals surface area (Å²) in [6.45, 7) is -0.924. The van der Waals surface area contributed by atoms with E-state index in [9.17, 15) is 39.0 Å². The highest BCUT2D eigenvalue weighted by atomic mass is 16.4. The predicted molar refractivity (Wildman–Crippen MR) is 101 cm³/mol. The molecular formula is C17H30N6O8. The molecule has 0 aromatic heterocycles. The molecule has 2 aliphatic rings. The summed E-state index contributed by atoms with van der Waals surface area (Å²) in [6.07, 6.45) is 0. The smallest absolute Gasteiger partial charge is 0.326 e. The monoisotopic (exact) mass is 446 g/mol.